The number of hydrogen-bond acceptors (Lipinski definition) is 4. The monoisotopic (exact) mass is 379 g/mol. The van der Waals surface area contributed by atoms with Crippen molar-refractivity contribution < 1.29 is 0 Å². The Morgan fingerprint density at radius 1 is 0.828 bits per heavy atom. The molecule has 0 saturated carbocycles. The summed E-state index contributed by atoms with van der Waals surface area (Å²) in [5.41, 5.74) is 9.09. The first-order valence-corrected chi connectivity index (χ1v) is 9.64. The predicted molar refractivity (Wildman–Crippen MR) is 118 cm³/mol. The molecule has 0 aliphatic rings. The Morgan fingerprint density at radius 2 is 1.66 bits per heavy atom. The number of para-hydroxylation sites is 1. The molecule has 5 nitrogen and oxygen atoms in total. The molecule has 29 heavy (non-hydrogen) atoms. The summed E-state index contributed by atoms with van der Waals surface area (Å²) in [6, 6.07) is 18.6. The van der Waals surface area contributed by atoms with E-state index in [2.05, 4.69) is 70.8 Å². The van der Waals surface area contributed by atoms with Gasteiger partial charge < -0.3 is 5.32 Å². The fraction of sp³-hybridized carbons (Fsp3) is 0.125. The minimum atomic E-state index is 0.846. The SMILES string of the molecule is Cc1ccc(Nc2c(-c3cccc4nccnc34)nc3cccc(C)n23)cc1C. The Hall–Kier alpha value is -3.73. The summed E-state index contributed by atoms with van der Waals surface area (Å²) in [6.45, 7) is 6.34. The highest BCUT2D eigenvalue weighted by atomic mass is 15.1. The number of nitrogens with one attached hydrogen (secondary N) is 1. The fourth-order valence-electron chi connectivity index (χ4n) is 3.70. The smallest absolute Gasteiger partial charge is 0.143 e. The first-order valence-electron chi connectivity index (χ1n) is 9.64. The average Bonchev–Trinajstić information content (AvgIpc) is 3.10. The maximum Gasteiger partial charge on any atom is 0.143 e. The van der Waals surface area contributed by atoms with Crippen LogP contribution in [0.3, 0.4) is 0 Å². The van der Waals surface area contributed by atoms with E-state index in [4.69, 9.17) is 4.98 Å². The third-order valence-electron chi connectivity index (χ3n) is 5.36. The van der Waals surface area contributed by atoms with Crippen molar-refractivity contribution in [3.63, 3.8) is 0 Å². The molecule has 5 aromatic rings. The summed E-state index contributed by atoms with van der Waals surface area (Å²) < 4.78 is 2.15. The van der Waals surface area contributed by atoms with E-state index < -0.39 is 0 Å². The second kappa shape index (κ2) is 6.71. The van der Waals surface area contributed by atoms with Gasteiger partial charge in [-0.15, -0.1) is 0 Å². The Labute approximate surface area is 169 Å². The minimum absolute atomic E-state index is 0.846. The highest BCUT2D eigenvalue weighted by Gasteiger charge is 2.18. The first kappa shape index (κ1) is 17.4. The van der Waals surface area contributed by atoms with Crippen molar-refractivity contribution >= 4 is 28.2 Å². The quantitative estimate of drug-likeness (QED) is 0.442. The van der Waals surface area contributed by atoms with Crippen molar-refractivity contribution in [3.05, 3.63) is 83.8 Å². The molecule has 0 aliphatic heterocycles. The maximum absolute atomic E-state index is 4.96. The Morgan fingerprint density at radius 3 is 2.52 bits per heavy atom. The number of rotatable bonds is 3. The van der Waals surface area contributed by atoms with Gasteiger partial charge in [0.15, 0.2) is 0 Å². The topological polar surface area (TPSA) is 55.1 Å². The summed E-state index contributed by atoms with van der Waals surface area (Å²) >= 11 is 0. The molecule has 0 atom stereocenters. The van der Waals surface area contributed by atoms with E-state index in [0.29, 0.717) is 0 Å². The predicted octanol–water partition coefficient (Wildman–Crippen LogP) is 5.61. The lowest BCUT2D eigenvalue weighted by Gasteiger charge is -2.12. The van der Waals surface area contributed by atoms with Crippen LogP contribution in [0.1, 0.15) is 16.8 Å². The van der Waals surface area contributed by atoms with Gasteiger partial charge in [-0.05, 0) is 62.2 Å². The molecular formula is C24H21N5. The molecule has 0 radical (unpaired) electrons. The van der Waals surface area contributed by atoms with Gasteiger partial charge in [-0.3, -0.25) is 14.4 Å². The van der Waals surface area contributed by atoms with Gasteiger partial charge in [-0.1, -0.05) is 24.3 Å². The molecule has 1 N–H and O–H groups in total. The molecule has 0 unspecified atom stereocenters. The third kappa shape index (κ3) is 2.91. The number of imidazole rings is 1. The van der Waals surface area contributed by atoms with Crippen LogP contribution in [0.15, 0.2) is 67.0 Å². The van der Waals surface area contributed by atoms with Crippen molar-refractivity contribution in [1.29, 1.82) is 0 Å². The number of aryl methyl sites for hydroxylation is 3. The van der Waals surface area contributed by atoms with Gasteiger partial charge in [0.1, 0.15) is 17.2 Å². The molecule has 0 aliphatic carbocycles. The lowest BCUT2D eigenvalue weighted by Crippen LogP contribution is -2.00. The van der Waals surface area contributed by atoms with Crippen LogP contribution in [-0.4, -0.2) is 19.4 Å². The van der Waals surface area contributed by atoms with E-state index in [1.165, 1.54) is 11.1 Å². The summed E-state index contributed by atoms with van der Waals surface area (Å²) in [5.74, 6) is 0.930. The van der Waals surface area contributed by atoms with E-state index in [1.54, 1.807) is 12.4 Å². The summed E-state index contributed by atoms with van der Waals surface area (Å²) in [6.07, 6.45) is 3.44. The first-order chi connectivity index (χ1) is 14.1. The standard InChI is InChI=1S/C24H21N5/c1-15-10-11-18(14-16(15)2)27-24-23(28-21-9-4-6-17(3)29(21)24)19-7-5-8-20-22(19)26-13-12-25-20/h4-14,27H,1-3H3. The number of anilines is 2. The molecule has 2 aromatic carbocycles. The number of benzene rings is 2. The molecule has 0 amide bonds. The van der Waals surface area contributed by atoms with Gasteiger partial charge in [0.2, 0.25) is 0 Å². The molecule has 0 fully saturated rings. The lowest BCUT2D eigenvalue weighted by atomic mass is 10.1. The van der Waals surface area contributed by atoms with Gasteiger partial charge in [-0.2, -0.15) is 0 Å². The van der Waals surface area contributed by atoms with Crippen molar-refractivity contribution in [2.24, 2.45) is 0 Å². The highest BCUT2D eigenvalue weighted by Crippen LogP contribution is 2.35. The summed E-state index contributed by atoms with van der Waals surface area (Å²) in [4.78, 5) is 14.0. The van der Waals surface area contributed by atoms with Gasteiger partial charge >= 0.3 is 0 Å². The largest absolute Gasteiger partial charge is 0.339 e. The molecule has 3 aromatic heterocycles. The van der Waals surface area contributed by atoms with Crippen molar-refractivity contribution in [3.8, 4) is 11.3 Å². The van der Waals surface area contributed by atoms with E-state index in [0.717, 1.165) is 45.1 Å². The van der Waals surface area contributed by atoms with Crippen LogP contribution < -0.4 is 5.32 Å². The Balaban J connectivity index is 1.78. The number of nitrogens with zero attached hydrogens (tertiary/aromatic N) is 4. The molecule has 142 valence electrons. The molecule has 0 spiro atoms. The number of pyridine rings is 1. The van der Waals surface area contributed by atoms with Crippen LogP contribution in [0, 0.1) is 20.8 Å². The third-order valence-corrected chi connectivity index (χ3v) is 5.36. The molecule has 0 saturated heterocycles. The van der Waals surface area contributed by atoms with Crippen molar-refractivity contribution in [2.75, 3.05) is 5.32 Å². The van der Waals surface area contributed by atoms with Crippen LogP contribution in [0.5, 0.6) is 0 Å². The Bertz CT molecular complexity index is 1360. The lowest BCUT2D eigenvalue weighted by molar-refractivity contribution is 1.10. The zero-order valence-corrected chi connectivity index (χ0v) is 16.6. The summed E-state index contributed by atoms with van der Waals surface area (Å²) in [7, 11) is 0. The van der Waals surface area contributed by atoms with Gasteiger partial charge in [0.05, 0.1) is 11.0 Å². The zero-order chi connectivity index (χ0) is 20.0. The van der Waals surface area contributed by atoms with Crippen LogP contribution in [0.25, 0.3) is 27.9 Å². The molecule has 0 bridgehead atoms. The average molecular weight is 379 g/mol. The maximum atomic E-state index is 4.96. The van der Waals surface area contributed by atoms with E-state index in [-0.39, 0.29) is 0 Å². The normalized spacial score (nSPS) is 11.3. The van der Waals surface area contributed by atoms with Gasteiger partial charge in [0, 0.05) is 29.3 Å². The second-order valence-corrected chi connectivity index (χ2v) is 7.32. The molecular weight excluding hydrogens is 358 g/mol. The van der Waals surface area contributed by atoms with Crippen LogP contribution >= 0.6 is 0 Å². The van der Waals surface area contributed by atoms with Gasteiger partial charge in [0.25, 0.3) is 0 Å². The molecule has 3 heterocycles. The van der Waals surface area contributed by atoms with Gasteiger partial charge in [-0.25, -0.2) is 4.98 Å². The van der Waals surface area contributed by atoms with E-state index >= 15 is 0 Å². The Kier molecular flexibility index (Phi) is 4.02. The molecule has 5 heteroatoms. The van der Waals surface area contributed by atoms with Crippen LogP contribution in [-0.2, 0) is 0 Å². The van der Waals surface area contributed by atoms with Crippen molar-refractivity contribution in [2.45, 2.75) is 20.8 Å². The van der Waals surface area contributed by atoms with Crippen molar-refractivity contribution in [1.82, 2.24) is 19.4 Å². The fourth-order valence-corrected chi connectivity index (χ4v) is 3.70. The number of hydrogen-bond donors (Lipinski definition) is 1. The second-order valence-electron chi connectivity index (χ2n) is 7.32. The van der Waals surface area contributed by atoms with Crippen LogP contribution in [0.4, 0.5) is 11.5 Å². The number of aromatic nitrogens is 4. The van der Waals surface area contributed by atoms with E-state index in [9.17, 15) is 0 Å². The van der Waals surface area contributed by atoms with E-state index in [1.807, 2.05) is 24.3 Å². The number of fused-ring (bicyclic) bond motifs is 2. The highest BCUT2D eigenvalue weighted by molar-refractivity contribution is 5.95. The van der Waals surface area contributed by atoms with Crippen LogP contribution in [0.2, 0.25) is 0 Å². The molecule has 5 rings (SSSR count). The zero-order valence-electron chi connectivity index (χ0n) is 16.6. The minimum Gasteiger partial charge on any atom is -0.339 e. The summed E-state index contributed by atoms with van der Waals surface area (Å²) in [5, 5.41) is 3.62.